The minimum Gasteiger partial charge on any atom is -0.358 e. The second-order valence-electron chi connectivity index (χ2n) is 6.23. The van der Waals surface area contributed by atoms with Crippen LogP contribution in [0, 0.1) is 14.9 Å². The van der Waals surface area contributed by atoms with Gasteiger partial charge in [-0.2, -0.15) is 0 Å². The molecule has 0 aromatic heterocycles. The van der Waals surface area contributed by atoms with Crippen molar-refractivity contribution in [3.8, 4) is 0 Å². The van der Waals surface area contributed by atoms with Gasteiger partial charge in [-0.25, -0.2) is 0 Å². The predicted molar refractivity (Wildman–Crippen MR) is 89.6 cm³/mol. The van der Waals surface area contributed by atoms with Crippen LogP contribution in [0.5, 0.6) is 0 Å². The van der Waals surface area contributed by atoms with Gasteiger partial charge in [-0.3, -0.25) is 0 Å². The first kappa shape index (κ1) is 24.2. The minimum atomic E-state index is -0.724. The molecular formula is C15H33BrFeSi. The second kappa shape index (κ2) is 12.0. The third kappa shape index (κ3) is 10.1. The fraction of sp³-hybridized carbons (Fsp3) is 0.867. The van der Waals surface area contributed by atoms with E-state index in [1.54, 1.807) is 0 Å². The average molecular weight is 377 g/mol. The first-order valence-corrected chi connectivity index (χ1v) is 11.1. The maximum absolute atomic E-state index is 3.54. The Morgan fingerprint density at radius 3 is 1.28 bits per heavy atom. The molecule has 0 heterocycles. The summed E-state index contributed by atoms with van der Waals surface area (Å²) in [5.41, 5.74) is 1.15. The molecule has 0 aromatic rings. The topological polar surface area (TPSA) is 0 Å². The van der Waals surface area contributed by atoms with Crippen LogP contribution >= 0.6 is 15.9 Å². The minimum absolute atomic E-state index is 0. The van der Waals surface area contributed by atoms with Gasteiger partial charge in [-0.1, -0.05) is 74.1 Å². The van der Waals surface area contributed by atoms with Gasteiger partial charge in [0.2, 0.25) is 0 Å². The molecule has 0 radical (unpaired) electrons. The molecule has 0 aliphatic heterocycles. The summed E-state index contributed by atoms with van der Waals surface area (Å²) in [6.07, 6.45) is 11.8. The summed E-state index contributed by atoms with van der Waals surface area (Å²) in [7, 11) is -0.724. The molecule has 2 rings (SSSR count). The van der Waals surface area contributed by atoms with Crippen LogP contribution in [0.25, 0.3) is 0 Å². The molecule has 0 N–H and O–H groups in total. The molecule has 3 heteroatoms. The Balaban J connectivity index is -0.000000225. The van der Waals surface area contributed by atoms with Crippen molar-refractivity contribution in [2.24, 2.45) is 0 Å². The Morgan fingerprint density at radius 2 is 1.11 bits per heavy atom. The first-order valence-electron chi connectivity index (χ1n) is 6.64. The van der Waals surface area contributed by atoms with E-state index in [2.05, 4.69) is 35.6 Å². The Bertz CT molecular complexity index is 168. The van der Waals surface area contributed by atoms with E-state index >= 15 is 0 Å². The number of halogens is 1. The fourth-order valence-corrected chi connectivity index (χ4v) is 5.46. The second-order valence-corrected chi connectivity index (χ2v) is 13.1. The van der Waals surface area contributed by atoms with Gasteiger partial charge in [-0.15, -0.1) is 0 Å². The molecule has 0 atom stereocenters. The molecule has 0 unspecified atom stereocenters. The van der Waals surface area contributed by atoms with Crippen LogP contribution in [-0.2, 0) is 17.1 Å². The van der Waals surface area contributed by atoms with Crippen molar-refractivity contribution < 1.29 is 17.1 Å². The van der Waals surface area contributed by atoms with Gasteiger partial charge in [0.1, 0.15) is 0 Å². The van der Waals surface area contributed by atoms with Crippen molar-refractivity contribution in [2.45, 2.75) is 81.4 Å². The molecule has 0 spiro atoms. The molecule has 2 aliphatic rings. The average Bonchev–Trinajstić information content (AvgIpc) is 2.73. The maximum atomic E-state index is 3.54. The van der Waals surface area contributed by atoms with Crippen LogP contribution in [0.15, 0.2) is 0 Å². The van der Waals surface area contributed by atoms with Crippen LogP contribution in [0.2, 0.25) is 25.2 Å². The molecule has 0 amide bonds. The molecule has 18 heavy (non-hydrogen) atoms. The summed E-state index contributed by atoms with van der Waals surface area (Å²) in [4.78, 5) is 0.859. The van der Waals surface area contributed by atoms with Crippen LogP contribution < -0.4 is 0 Å². The van der Waals surface area contributed by atoms with E-state index < -0.39 is 8.07 Å². The standard InChI is InChI=1S/C8H18Si.C5H9Br.2CH3.Fe/c1-9(2,3)8-6-4-5-7-8;6-5-3-1-2-4-5;;;/h8H,4-7H2,1-3H3;5H,1-4H2;2*1H3;/q;;2*-1;+2. The molecule has 112 valence electrons. The fourth-order valence-electron chi connectivity index (χ4n) is 2.67. The van der Waals surface area contributed by atoms with Crippen molar-refractivity contribution in [2.75, 3.05) is 0 Å². The van der Waals surface area contributed by atoms with Crippen molar-refractivity contribution in [3.05, 3.63) is 14.9 Å². The quantitative estimate of drug-likeness (QED) is 0.278. The molecule has 2 fully saturated rings. The summed E-state index contributed by atoms with van der Waals surface area (Å²) < 4.78 is 0. The van der Waals surface area contributed by atoms with Crippen molar-refractivity contribution in [3.63, 3.8) is 0 Å². The maximum Gasteiger partial charge on any atom is 2.00 e. The van der Waals surface area contributed by atoms with Crippen LogP contribution in [0.1, 0.15) is 51.4 Å². The Hall–Kier alpha value is 1.22. The zero-order chi connectivity index (χ0) is 11.3. The normalized spacial score (nSPS) is 20.0. The molecule has 2 aliphatic carbocycles. The molecular weight excluding hydrogens is 344 g/mol. The van der Waals surface area contributed by atoms with Crippen LogP contribution in [-0.4, -0.2) is 12.9 Å². The third-order valence-electron chi connectivity index (χ3n) is 3.86. The molecule has 0 saturated heterocycles. The summed E-state index contributed by atoms with van der Waals surface area (Å²) in [5.74, 6) is 0. The Morgan fingerprint density at radius 1 is 0.778 bits per heavy atom. The number of hydrogen-bond donors (Lipinski definition) is 0. The van der Waals surface area contributed by atoms with Crippen LogP contribution in [0.4, 0.5) is 0 Å². The van der Waals surface area contributed by atoms with Crippen molar-refractivity contribution in [1.29, 1.82) is 0 Å². The number of alkyl halides is 1. The van der Waals surface area contributed by atoms with E-state index in [1.807, 2.05) is 0 Å². The monoisotopic (exact) mass is 376 g/mol. The van der Waals surface area contributed by atoms with E-state index in [0.29, 0.717) is 0 Å². The van der Waals surface area contributed by atoms with Gasteiger partial charge in [0.25, 0.3) is 0 Å². The van der Waals surface area contributed by atoms with E-state index in [0.717, 1.165) is 10.4 Å². The number of hydrogen-bond acceptors (Lipinski definition) is 0. The van der Waals surface area contributed by atoms with Gasteiger partial charge in [0, 0.05) is 12.9 Å². The van der Waals surface area contributed by atoms with Gasteiger partial charge < -0.3 is 14.9 Å². The summed E-state index contributed by atoms with van der Waals surface area (Å²) >= 11 is 3.54. The molecule has 2 saturated carbocycles. The SMILES string of the molecule is BrC1CCCC1.C[Si](C)(C)C1CCCC1.[CH3-].[CH3-].[Fe+2]. The zero-order valence-electron chi connectivity index (χ0n) is 13.0. The van der Waals surface area contributed by atoms with Gasteiger partial charge in [0.05, 0.1) is 0 Å². The van der Waals surface area contributed by atoms with E-state index in [1.165, 1.54) is 51.4 Å². The van der Waals surface area contributed by atoms with Gasteiger partial charge in [0.15, 0.2) is 0 Å². The first-order chi connectivity index (χ1) is 7.00. The van der Waals surface area contributed by atoms with Crippen LogP contribution in [0.3, 0.4) is 0 Å². The molecule has 0 bridgehead atoms. The van der Waals surface area contributed by atoms with Gasteiger partial charge >= 0.3 is 17.1 Å². The van der Waals surface area contributed by atoms with E-state index in [4.69, 9.17) is 0 Å². The molecule has 0 nitrogen and oxygen atoms in total. The smallest absolute Gasteiger partial charge is 0.358 e. The largest absolute Gasteiger partial charge is 2.00 e. The number of rotatable bonds is 1. The van der Waals surface area contributed by atoms with E-state index in [-0.39, 0.29) is 31.9 Å². The van der Waals surface area contributed by atoms with Crippen molar-refractivity contribution in [1.82, 2.24) is 0 Å². The Labute approximate surface area is 137 Å². The van der Waals surface area contributed by atoms with Crippen molar-refractivity contribution >= 4 is 24.0 Å². The Kier molecular flexibility index (Phi) is 16.2. The van der Waals surface area contributed by atoms with E-state index in [9.17, 15) is 0 Å². The third-order valence-corrected chi connectivity index (χ3v) is 7.81. The summed E-state index contributed by atoms with van der Waals surface area (Å²) in [6.45, 7) is 7.51. The summed E-state index contributed by atoms with van der Waals surface area (Å²) in [5, 5.41) is 0. The molecule has 0 aromatic carbocycles. The predicted octanol–water partition coefficient (Wildman–Crippen LogP) is 6.49. The van der Waals surface area contributed by atoms with Gasteiger partial charge in [-0.05, 0) is 18.4 Å². The summed E-state index contributed by atoms with van der Waals surface area (Å²) in [6, 6.07) is 0. The zero-order valence-corrected chi connectivity index (χ0v) is 16.7.